The molecule has 1 heterocycles. The van der Waals surface area contributed by atoms with Crippen LogP contribution >= 0.6 is 15.2 Å². The molecule has 1 saturated heterocycles. The second kappa shape index (κ2) is 4.15. The fraction of sp³-hybridized carbons (Fsp3) is 1.00. The average molecular weight is 329 g/mol. The van der Waals surface area contributed by atoms with Gasteiger partial charge in [-0.1, -0.05) is 13.8 Å². The maximum absolute atomic E-state index is 11.5. The van der Waals surface area contributed by atoms with Crippen LogP contribution in [0.15, 0.2) is 0 Å². The predicted molar refractivity (Wildman–Crippen MR) is 70.9 cm³/mol. The van der Waals surface area contributed by atoms with E-state index in [0.717, 1.165) is 6.42 Å². The molecule has 0 aromatic carbocycles. The molecule has 5 N–H and O–H groups in total. The summed E-state index contributed by atoms with van der Waals surface area (Å²) in [6.45, 7) is 6.19. The minimum atomic E-state index is -5.42. The molecule has 20 heavy (non-hydrogen) atoms. The second-order valence-electron chi connectivity index (χ2n) is 6.65. The number of likely N-dealkylation sites (tertiary alicyclic amines) is 1. The standard InChI is InChI=1S/C10H21NO7P2/c1-7(10(12,19(13,14)15)20(16,17)18)11-5-8(2)4-9(8,3)6-11/h7,12H,4-6H2,1-3H3,(H2,13,14,15)(H2,16,17,18). The molecule has 118 valence electrons. The molecular formula is C10H21NO7P2. The molecule has 0 aromatic rings. The molecule has 1 saturated carbocycles. The van der Waals surface area contributed by atoms with Crippen LogP contribution in [0.1, 0.15) is 27.2 Å². The van der Waals surface area contributed by atoms with Gasteiger partial charge in [0.2, 0.25) is 0 Å². The monoisotopic (exact) mass is 329 g/mol. The van der Waals surface area contributed by atoms with E-state index < -0.39 is 26.3 Å². The summed E-state index contributed by atoms with van der Waals surface area (Å²) in [4.78, 5) is 38.6. The molecule has 0 radical (unpaired) electrons. The Labute approximate surface area is 117 Å². The predicted octanol–water partition coefficient (Wildman–Crippen LogP) is 0.108. The van der Waals surface area contributed by atoms with Gasteiger partial charge in [0.1, 0.15) is 0 Å². The van der Waals surface area contributed by atoms with Crippen LogP contribution in [0.2, 0.25) is 0 Å². The number of fused-ring (bicyclic) bond motifs is 1. The molecule has 2 fully saturated rings. The highest BCUT2D eigenvalue weighted by molar-refractivity contribution is 7.72. The topological polar surface area (TPSA) is 139 Å². The summed E-state index contributed by atoms with van der Waals surface area (Å²) in [6.07, 6.45) is 0.966. The van der Waals surface area contributed by atoms with Gasteiger partial charge < -0.3 is 24.7 Å². The maximum atomic E-state index is 11.5. The molecule has 2 rings (SSSR count). The molecule has 0 amide bonds. The van der Waals surface area contributed by atoms with Crippen molar-refractivity contribution in [3.63, 3.8) is 0 Å². The highest BCUT2D eigenvalue weighted by Gasteiger charge is 2.70. The Morgan fingerprint density at radius 3 is 1.70 bits per heavy atom. The molecule has 1 aliphatic heterocycles. The lowest BCUT2D eigenvalue weighted by atomic mass is 10.0. The number of hydrogen-bond acceptors (Lipinski definition) is 4. The van der Waals surface area contributed by atoms with Crippen LogP contribution in [0.25, 0.3) is 0 Å². The van der Waals surface area contributed by atoms with Gasteiger partial charge in [-0.2, -0.15) is 0 Å². The van der Waals surface area contributed by atoms with E-state index in [9.17, 15) is 33.8 Å². The lowest BCUT2D eigenvalue weighted by Crippen LogP contribution is -2.51. The van der Waals surface area contributed by atoms with Crippen LogP contribution in [-0.4, -0.2) is 53.8 Å². The van der Waals surface area contributed by atoms with E-state index >= 15 is 0 Å². The van der Waals surface area contributed by atoms with E-state index in [1.807, 2.05) is 13.8 Å². The molecular weight excluding hydrogens is 308 g/mol. The molecule has 1 aliphatic carbocycles. The maximum Gasteiger partial charge on any atom is 0.371 e. The van der Waals surface area contributed by atoms with Gasteiger partial charge in [-0.15, -0.1) is 0 Å². The summed E-state index contributed by atoms with van der Waals surface area (Å²) in [5.41, 5.74) is -0.0437. The van der Waals surface area contributed by atoms with Crippen molar-refractivity contribution in [1.29, 1.82) is 0 Å². The van der Waals surface area contributed by atoms with E-state index in [4.69, 9.17) is 0 Å². The van der Waals surface area contributed by atoms with E-state index in [0.29, 0.717) is 13.1 Å². The zero-order chi connectivity index (χ0) is 15.8. The zero-order valence-corrected chi connectivity index (χ0v) is 13.4. The molecule has 0 bridgehead atoms. The normalized spacial score (nSPS) is 36.8. The van der Waals surface area contributed by atoms with Crippen LogP contribution in [0.3, 0.4) is 0 Å². The van der Waals surface area contributed by atoms with Gasteiger partial charge in [0.05, 0.1) is 6.04 Å². The lowest BCUT2D eigenvalue weighted by Gasteiger charge is -2.40. The van der Waals surface area contributed by atoms with Gasteiger partial charge in [-0.3, -0.25) is 14.0 Å². The average Bonchev–Trinajstić information content (AvgIpc) is 2.63. The first-order chi connectivity index (χ1) is 8.68. The molecule has 3 atom stereocenters. The van der Waals surface area contributed by atoms with Crippen molar-refractivity contribution in [2.45, 2.75) is 38.3 Å². The summed E-state index contributed by atoms with van der Waals surface area (Å²) >= 11 is 0. The molecule has 0 aromatic heterocycles. The fourth-order valence-electron chi connectivity index (χ4n) is 3.44. The molecule has 10 heteroatoms. The van der Waals surface area contributed by atoms with Gasteiger partial charge in [0.25, 0.3) is 5.08 Å². The Morgan fingerprint density at radius 1 is 1.05 bits per heavy atom. The van der Waals surface area contributed by atoms with Crippen LogP contribution < -0.4 is 0 Å². The van der Waals surface area contributed by atoms with Gasteiger partial charge in [-0.05, 0) is 24.2 Å². The Kier molecular flexibility index (Phi) is 3.44. The van der Waals surface area contributed by atoms with Gasteiger partial charge in [0.15, 0.2) is 0 Å². The third-order valence-corrected chi connectivity index (χ3v) is 9.21. The van der Waals surface area contributed by atoms with Crippen LogP contribution in [0.5, 0.6) is 0 Å². The van der Waals surface area contributed by atoms with Crippen molar-refractivity contribution in [3.8, 4) is 0 Å². The van der Waals surface area contributed by atoms with E-state index in [2.05, 4.69) is 0 Å². The van der Waals surface area contributed by atoms with Gasteiger partial charge in [-0.25, -0.2) is 0 Å². The number of piperidine rings is 1. The Morgan fingerprint density at radius 2 is 1.40 bits per heavy atom. The zero-order valence-electron chi connectivity index (χ0n) is 11.6. The Bertz CT molecular complexity index is 490. The van der Waals surface area contributed by atoms with Crippen molar-refractivity contribution in [1.82, 2.24) is 4.90 Å². The van der Waals surface area contributed by atoms with Crippen molar-refractivity contribution in [2.75, 3.05) is 13.1 Å². The Balaban J connectivity index is 2.33. The Hall–Kier alpha value is 0.220. The minimum Gasteiger partial charge on any atom is -0.366 e. The van der Waals surface area contributed by atoms with Crippen LogP contribution in [-0.2, 0) is 9.13 Å². The summed E-state index contributed by atoms with van der Waals surface area (Å²) in [5, 5.41) is 6.74. The largest absolute Gasteiger partial charge is 0.371 e. The summed E-state index contributed by atoms with van der Waals surface area (Å²) < 4.78 is 23.0. The lowest BCUT2D eigenvalue weighted by molar-refractivity contribution is 0.0429. The first-order valence-corrected chi connectivity index (χ1v) is 9.48. The van der Waals surface area contributed by atoms with E-state index in [1.165, 1.54) is 6.92 Å². The van der Waals surface area contributed by atoms with E-state index in [-0.39, 0.29) is 10.8 Å². The SMILES string of the molecule is CC(N1CC2(C)CC2(C)C1)C(O)(P(=O)(O)O)P(=O)(O)O. The third-order valence-electron chi connectivity index (χ3n) is 5.18. The molecule has 0 spiro atoms. The second-order valence-corrected chi connectivity index (χ2v) is 10.5. The van der Waals surface area contributed by atoms with Crippen molar-refractivity contribution >= 4 is 15.2 Å². The summed E-state index contributed by atoms with van der Waals surface area (Å²) in [6, 6.07) is -1.34. The fourth-order valence-corrected chi connectivity index (χ4v) is 6.10. The number of aliphatic hydroxyl groups is 1. The highest BCUT2D eigenvalue weighted by Crippen LogP contribution is 2.72. The molecule has 8 nitrogen and oxygen atoms in total. The molecule has 2 aliphatic rings. The quantitative estimate of drug-likeness (QED) is 0.458. The first-order valence-electron chi connectivity index (χ1n) is 6.26. The number of nitrogens with zero attached hydrogens (tertiary/aromatic N) is 1. The van der Waals surface area contributed by atoms with Gasteiger partial charge in [0, 0.05) is 13.1 Å². The van der Waals surface area contributed by atoms with Crippen molar-refractivity contribution in [2.24, 2.45) is 10.8 Å². The van der Waals surface area contributed by atoms with Crippen LogP contribution in [0, 0.1) is 10.8 Å². The van der Waals surface area contributed by atoms with E-state index in [1.54, 1.807) is 4.90 Å². The van der Waals surface area contributed by atoms with Crippen molar-refractivity contribution < 1.29 is 33.8 Å². The summed E-state index contributed by atoms with van der Waals surface area (Å²) in [5.74, 6) is 0. The summed E-state index contributed by atoms with van der Waals surface area (Å²) in [7, 11) is -10.8. The smallest absolute Gasteiger partial charge is 0.366 e. The first kappa shape index (κ1) is 16.6. The van der Waals surface area contributed by atoms with Crippen LogP contribution in [0.4, 0.5) is 0 Å². The van der Waals surface area contributed by atoms with Gasteiger partial charge >= 0.3 is 15.2 Å². The minimum absolute atomic E-state index is 0.0219. The number of rotatable bonds is 4. The highest BCUT2D eigenvalue weighted by atomic mass is 31.2. The number of hydrogen-bond donors (Lipinski definition) is 5. The third kappa shape index (κ3) is 2.06. The van der Waals surface area contributed by atoms with Crippen molar-refractivity contribution in [3.05, 3.63) is 0 Å². The molecule has 3 unspecified atom stereocenters.